The second-order valence-electron chi connectivity index (χ2n) is 3.50. The molecule has 0 spiro atoms. The first kappa shape index (κ1) is 10.6. The monoisotopic (exact) mass is 210 g/mol. The van der Waals surface area contributed by atoms with Gasteiger partial charge in [0.1, 0.15) is 12.2 Å². The van der Waals surface area contributed by atoms with Gasteiger partial charge in [0.15, 0.2) is 6.29 Å². The summed E-state index contributed by atoms with van der Waals surface area (Å²) in [6.45, 7) is -0.00315. The van der Waals surface area contributed by atoms with Crippen LogP contribution in [0.3, 0.4) is 0 Å². The van der Waals surface area contributed by atoms with E-state index < -0.39 is 18.5 Å². The average Bonchev–Trinajstić information content (AvgIpc) is 2.78. The Morgan fingerprint density at radius 1 is 1.33 bits per heavy atom. The molecule has 1 aromatic carbocycles. The molecule has 1 aliphatic heterocycles. The summed E-state index contributed by atoms with van der Waals surface area (Å²) in [6.07, 6.45) is -1.75. The van der Waals surface area contributed by atoms with Crippen LogP contribution < -0.4 is 0 Å². The van der Waals surface area contributed by atoms with Gasteiger partial charge >= 0.3 is 0 Å². The fraction of sp³-hybridized carbons (Fsp3) is 0.455. The molecule has 0 bridgehead atoms. The largest absolute Gasteiger partial charge is 0.394 e. The van der Waals surface area contributed by atoms with Gasteiger partial charge < -0.3 is 19.7 Å². The van der Waals surface area contributed by atoms with Gasteiger partial charge in [-0.25, -0.2) is 0 Å². The molecule has 1 heterocycles. The summed E-state index contributed by atoms with van der Waals surface area (Å²) < 4.78 is 10.8. The highest BCUT2D eigenvalue weighted by molar-refractivity contribution is 5.16. The summed E-state index contributed by atoms with van der Waals surface area (Å²) in [4.78, 5) is 0. The number of hydrogen-bond acceptors (Lipinski definition) is 4. The maximum atomic E-state index is 9.37. The van der Waals surface area contributed by atoms with Gasteiger partial charge in [-0.05, 0) is 0 Å². The Morgan fingerprint density at radius 2 is 2.07 bits per heavy atom. The molecule has 2 N–H and O–H groups in total. The molecule has 1 saturated heterocycles. The van der Waals surface area contributed by atoms with E-state index in [0.717, 1.165) is 5.56 Å². The third kappa shape index (κ3) is 2.35. The Balaban J connectivity index is 1.99. The second kappa shape index (κ2) is 4.72. The van der Waals surface area contributed by atoms with Crippen LogP contribution in [0.15, 0.2) is 30.3 Å². The average molecular weight is 210 g/mol. The van der Waals surface area contributed by atoms with Gasteiger partial charge in [-0.2, -0.15) is 0 Å². The maximum absolute atomic E-state index is 9.37. The second-order valence-corrected chi connectivity index (χ2v) is 3.50. The molecule has 4 heteroatoms. The highest BCUT2D eigenvalue weighted by Gasteiger charge is 2.31. The zero-order valence-electron chi connectivity index (χ0n) is 8.24. The molecule has 1 fully saturated rings. The standard InChI is InChI=1S/C11H14O4/c12-6-9(13)10-7-14-11(15-10)8-4-2-1-3-5-8/h1-5,9-13H,6-7H2/t9?,10-,11?/m0/s1. The van der Waals surface area contributed by atoms with Crippen LogP contribution in [0.2, 0.25) is 0 Å². The lowest BCUT2D eigenvalue weighted by molar-refractivity contribution is -0.0902. The van der Waals surface area contributed by atoms with Gasteiger partial charge in [-0.15, -0.1) is 0 Å². The summed E-state index contributed by atoms with van der Waals surface area (Å²) in [7, 11) is 0. The van der Waals surface area contributed by atoms with Crippen molar-refractivity contribution < 1.29 is 19.7 Å². The molecule has 0 radical (unpaired) electrons. The van der Waals surface area contributed by atoms with E-state index in [0.29, 0.717) is 6.61 Å². The maximum Gasteiger partial charge on any atom is 0.184 e. The van der Waals surface area contributed by atoms with Gasteiger partial charge in [-0.1, -0.05) is 30.3 Å². The zero-order valence-corrected chi connectivity index (χ0v) is 8.24. The topological polar surface area (TPSA) is 58.9 Å². The Hall–Kier alpha value is -0.940. The third-order valence-corrected chi connectivity index (χ3v) is 2.40. The molecule has 1 aliphatic rings. The van der Waals surface area contributed by atoms with Crippen molar-refractivity contribution >= 4 is 0 Å². The van der Waals surface area contributed by atoms with Crippen LogP contribution in [-0.2, 0) is 9.47 Å². The minimum atomic E-state index is -0.876. The van der Waals surface area contributed by atoms with Crippen LogP contribution in [0.25, 0.3) is 0 Å². The SMILES string of the molecule is OCC(O)[C@@H]1COC(c2ccccc2)O1. The highest BCUT2D eigenvalue weighted by Crippen LogP contribution is 2.27. The quantitative estimate of drug-likeness (QED) is 0.760. The third-order valence-electron chi connectivity index (χ3n) is 2.40. The molecule has 0 aliphatic carbocycles. The molecule has 4 nitrogen and oxygen atoms in total. The fourth-order valence-corrected chi connectivity index (χ4v) is 1.52. The molecule has 15 heavy (non-hydrogen) atoms. The van der Waals surface area contributed by atoms with E-state index in [1.165, 1.54) is 0 Å². The van der Waals surface area contributed by atoms with Crippen LogP contribution in [0.1, 0.15) is 11.9 Å². The summed E-state index contributed by atoms with van der Waals surface area (Å²) in [5, 5.41) is 18.1. The number of benzene rings is 1. The molecule has 3 atom stereocenters. The lowest BCUT2D eigenvalue weighted by Gasteiger charge is -2.14. The van der Waals surface area contributed by atoms with E-state index in [1.807, 2.05) is 30.3 Å². The zero-order chi connectivity index (χ0) is 10.7. The Kier molecular flexibility index (Phi) is 3.33. The van der Waals surface area contributed by atoms with Crippen molar-refractivity contribution in [2.24, 2.45) is 0 Å². The molecule has 0 saturated carbocycles. The summed E-state index contributed by atoms with van der Waals surface area (Å²) in [5.74, 6) is 0. The minimum absolute atomic E-state index is 0.307. The predicted octanol–water partition coefficient (Wildman–Crippen LogP) is 0.454. The fourth-order valence-electron chi connectivity index (χ4n) is 1.52. The number of hydrogen-bond donors (Lipinski definition) is 2. The van der Waals surface area contributed by atoms with Crippen LogP contribution in [0.4, 0.5) is 0 Å². The number of aliphatic hydroxyl groups is 2. The number of ether oxygens (including phenoxy) is 2. The predicted molar refractivity (Wildman–Crippen MR) is 53.1 cm³/mol. The Bertz CT molecular complexity index is 301. The van der Waals surface area contributed by atoms with Crippen LogP contribution in [0, 0.1) is 0 Å². The first-order chi connectivity index (χ1) is 7.31. The van der Waals surface area contributed by atoms with Crippen molar-refractivity contribution in [3.05, 3.63) is 35.9 Å². The summed E-state index contributed by atoms with van der Waals surface area (Å²) in [6, 6.07) is 9.52. The molecule has 0 amide bonds. The van der Waals surface area contributed by atoms with Crippen LogP contribution >= 0.6 is 0 Å². The van der Waals surface area contributed by atoms with E-state index in [4.69, 9.17) is 14.6 Å². The van der Waals surface area contributed by atoms with Gasteiger partial charge in [0.2, 0.25) is 0 Å². The van der Waals surface area contributed by atoms with Crippen LogP contribution in [-0.4, -0.2) is 35.6 Å². The molecule has 0 aromatic heterocycles. The number of rotatable bonds is 3. The minimum Gasteiger partial charge on any atom is -0.394 e. The summed E-state index contributed by atoms with van der Waals surface area (Å²) in [5.41, 5.74) is 0.921. The van der Waals surface area contributed by atoms with E-state index in [-0.39, 0.29) is 6.61 Å². The van der Waals surface area contributed by atoms with E-state index in [1.54, 1.807) is 0 Å². The smallest absolute Gasteiger partial charge is 0.184 e. The van der Waals surface area contributed by atoms with E-state index >= 15 is 0 Å². The van der Waals surface area contributed by atoms with Crippen molar-refractivity contribution in [2.45, 2.75) is 18.5 Å². The molecule has 82 valence electrons. The van der Waals surface area contributed by atoms with Gasteiger partial charge in [0.05, 0.1) is 13.2 Å². The Labute approximate surface area is 88.1 Å². The van der Waals surface area contributed by atoms with E-state index in [9.17, 15) is 5.11 Å². The first-order valence-electron chi connectivity index (χ1n) is 4.92. The number of aliphatic hydroxyl groups excluding tert-OH is 2. The first-order valence-corrected chi connectivity index (χ1v) is 4.92. The summed E-state index contributed by atoms with van der Waals surface area (Å²) >= 11 is 0. The van der Waals surface area contributed by atoms with Crippen molar-refractivity contribution in [1.29, 1.82) is 0 Å². The molecular formula is C11H14O4. The van der Waals surface area contributed by atoms with Crippen molar-refractivity contribution in [1.82, 2.24) is 0 Å². The molecule has 2 unspecified atom stereocenters. The van der Waals surface area contributed by atoms with E-state index in [2.05, 4.69) is 0 Å². The molecular weight excluding hydrogens is 196 g/mol. The Morgan fingerprint density at radius 3 is 2.73 bits per heavy atom. The van der Waals surface area contributed by atoms with Crippen LogP contribution in [0.5, 0.6) is 0 Å². The molecule has 1 aromatic rings. The van der Waals surface area contributed by atoms with Crippen molar-refractivity contribution in [3.8, 4) is 0 Å². The van der Waals surface area contributed by atoms with Crippen molar-refractivity contribution in [3.63, 3.8) is 0 Å². The molecule has 2 rings (SSSR count). The van der Waals surface area contributed by atoms with Gasteiger partial charge in [-0.3, -0.25) is 0 Å². The lowest BCUT2D eigenvalue weighted by Crippen LogP contribution is -2.31. The van der Waals surface area contributed by atoms with Crippen molar-refractivity contribution in [2.75, 3.05) is 13.2 Å². The van der Waals surface area contributed by atoms with Gasteiger partial charge in [0.25, 0.3) is 0 Å². The van der Waals surface area contributed by atoms with Gasteiger partial charge in [0, 0.05) is 5.56 Å². The highest BCUT2D eigenvalue weighted by atomic mass is 16.7. The lowest BCUT2D eigenvalue weighted by atomic mass is 10.2. The normalized spacial score (nSPS) is 27.9.